The van der Waals surface area contributed by atoms with E-state index < -0.39 is 28.7 Å². The number of nitro groups is 1. The van der Waals surface area contributed by atoms with Crippen molar-refractivity contribution in [2.45, 2.75) is 12.5 Å². The molecule has 124 valence electrons. The van der Waals surface area contributed by atoms with E-state index in [4.69, 9.17) is 0 Å². The summed E-state index contributed by atoms with van der Waals surface area (Å²) in [4.78, 5) is 33.5. The molecule has 2 N–H and O–H groups in total. The fraction of sp³-hybridized carbons (Fsp3) is 0.125. The summed E-state index contributed by atoms with van der Waals surface area (Å²) in [5, 5.41) is 22.2. The molecular formula is C16H13FN2O5. The molecule has 0 heterocycles. The lowest BCUT2D eigenvalue weighted by atomic mass is 10.0. The number of non-ortho nitro benzene ring substituents is 1. The summed E-state index contributed by atoms with van der Waals surface area (Å²) in [7, 11) is 0. The summed E-state index contributed by atoms with van der Waals surface area (Å²) in [6.07, 6.45) is -0.247. The number of amides is 1. The predicted octanol–water partition coefficient (Wildman–Crippen LogP) is 2.16. The zero-order chi connectivity index (χ0) is 17.7. The number of hydrogen-bond acceptors (Lipinski definition) is 4. The number of hydrogen-bond donors (Lipinski definition) is 2. The zero-order valence-electron chi connectivity index (χ0n) is 12.3. The lowest BCUT2D eigenvalue weighted by molar-refractivity contribution is -0.384. The molecule has 0 saturated carbocycles. The molecule has 7 nitrogen and oxygen atoms in total. The average Bonchev–Trinajstić information content (AvgIpc) is 2.56. The van der Waals surface area contributed by atoms with Crippen LogP contribution in [-0.2, 0) is 11.2 Å². The molecule has 1 atom stereocenters. The SMILES string of the molecule is O=C(N[C@H](Cc1ccccc1F)C(=O)O)c1cccc([N+](=O)[O-])c1. The molecule has 0 aliphatic heterocycles. The van der Waals surface area contributed by atoms with Crippen molar-refractivity contribution in [3.63, 3.8) is 0 Å². The van der Waals surface area contributed by atoms with Gasteiger partial charge in [0.2, 0.25) is 0 Å². The Morgan fingerprint density at radius 1 is 1.21 bits per heavy atom. The van der Waals surface area contributed by atoms with Gasteiger partial charge in [-0.3, -0.25) is 14.9 Å². The van der Waals surface area contributed by atoms with E-state index in [1.165, 1.54) is 36.4 Å². The highest BCUT2D eigenvalue weighted by Gasteiger charge is 2.23. The molecule has 1 amide bonds. The van der Waals surface area contributed by atoms with Gasteiger partial charge in [0.1, 0.15) is 11.9 Å². The number of halogens is 1. The molecule has 0 saturated heterocycles. The molecule has 0 aliphatic rings. The van der Waals surface area contributed by atoms with Crippen LogP contribution in [0.2, 0.25) is 0 Å². The number of nitro benzene ring substituents is 1. The quantitative estimate of drug-likeness (QED) is 0.622. The Morgan fingerprint density at radius 3 is 2.54 bits per heavy atom. The van der Waals surface area contributed by atoms with Crippen LogP contribution in [0, 0.1) is 15.9 Å². The van der Waals surface area contributed by atoms with Gasteiger partial charge in [0.15, 0.2) is 0 Å². The van der Waals surface area contributed by atoms with E-state index in [-0.39, 0.29) is 23.2 Å². The maximum absolute atomic E-state index is 13.6. The van der Waals surface area contributed by atoms with Gasteiger partial charge in [0.25, 0.3) is 11.6 Å². The van der Waals surface area contributed by atoms with Crippen molar-refractivity contribution in [3.8, 4) is 0 Å². The number of benzene rings is 2. The Balaban J connectivity index is 2.17. The molecule has 0 bridgehead atoms. The topological polar surface area (TPSA) is 110 Å². The standard InChI is InChI=1S/C16H13FN2O5/c17-13-7-2-1-4-10(13)9-14(16(21)22)18-15(20)11-5-3-6-12(8-11)19(23)24/h1-8,14H,9H2,(H,18,20)(H,21,22)/t14-/m1/s1. The number of aliphatic carboxylic acids is 1. The third-order valence-corrected chi connectivity index (χ3v) is 3.30. The molecule has 0 aliphatic carbocycles. The first-order valence-corrected chi connectivity index (χ1v) is 6.90. The number of carboxylic acids is 1. The fourth-order valence-corrected chi connectivity index (χ4v) is 2.09. The molecule has 2 aromatic carbocycles. The first-order chi connectivity index (χ1) is 11.4. The predicted molar refractivity (Wildman–Crippen MR) is 82.1 cm³/mol. The van der Waals surface area contributed by atoms with Crippen LogP contribution in [0.15, 0.2) is 48.5 Å². The second kappa shape index (κ2) is 7.32. The molecule has 8 heteroatoms. The van der Waals surface area contributed by atoms with Crippen molar-refractivity contribution in [1.29, 1.82) is 0 Å². The van der Waals surface area contributed by atoms with Crippen LogP contribution >= 0.6 is 0 Å². The summed E-state index contributed by atoms with van der Waals surface area (Å²) in [5.41, 5.74) is -0.197. The minimum atomic E-state index is -1.37. The van der Waals surface area contributed by atoms with E-state index in [0.29, 0.717) is 0 Å². The van der Waals surface area contributed by atoms with Crippen LogP contribution in [-0.4, -0.2) is 27.9 Å². The Morgan fingerprint density at radius 2 is 1.92 bits per heavy atom. The van der Waals surface area contributed by atoms with Gasteiger partial charge in [-0.15, -0.1) is 0 Å². The third kappa shape index (κ3) is 4.13. The van der Waals surface area contributed by atoms with Crippen LogP contribution in [0.25, 0.3) is 0 Å². The van der Waals surface area contributed by atoms with Crippen molar-refractivity contribution >= 4 is 17.6 Å². The number of carbonyl (C=O) groups excluding carboxylic acids is 1. The minimum absolute atomic E-state index is 0.0519. The maximum atomic E-state index is 13.6. The van der Waals surface area contributed by atoms with Crippen LogP contribution < -0.4 is 5.32 Å². The lowest BCUT2D eigenvalue weighted by Crippen LogP contribution is -2.42. The second-order valence-electron chi connectivity index (χ2n) is 4.97. The van der Waals surface area contributed by atoms with Gasteiger partial charge in [0.05, 0.1) is 4.92 Å². The Bertz CT molecular complexity index is 794. The Labute approximate surface area is 135 Å². The van der Waals surface area contributed by atoms with E-state index >= 15 is 0 Å². The minimum Gasteiger partial charge on any atom is -0.480 e. The van der Waals surface area contributed by atoms with Gasteiger partial charge in [-0.25, -0.2) is 9.18 Å². The van der Waals surface area contributed by atoms with Crippen molar-refractivity contribution in [3.05, 3.63) is 75.6 Å². The van der Waals surface area contributed by atoms with Crippen LogP contribution in [0.4, 0.5) is 10.1 Å². The van der Waals surface area contributed by atoms with Crippen molar-refractivity contribution in [2.24, 2.45) is 0 Å². The third-order valence-electron chi connectivity index (χ3n) is 3.30. The van der Waals surface area contributed by atoms with Crippen LogP contribution in [0.1, 0.15) is 15.9 Å². The number of nitrogens with zero attached hydrogens (tertiary/aromatic N) is 1. The molecule has 0 unspecified atom stereocenters. The second-order valence-corrected chi connectivity index (χ2v) is 4.97. The van der Waals surface area contributed by atoms with Crippen LogP contribution in [0.3, 0.4) is 0 Å². The first-order valence-electron chi connectivity index (χ1n) is 6.90. The Kier molecular flexibility index (Phi) is 5.20. The van der Waals surface area contributed by atoms with Crippen LogP contribution in [0.5, 0.6) is 0 Å². The van der Waals surface area contributed by atoms with Gasteiger partial charge in [0, 0.05) is 24.1 Å². The van der Waals surface area contributed by atoms with E-state index in [9.17, 15) is 29.2 Å². The summed E-state index contributed by atoms with van der Waals surface area (Å²) >= 11 is 0. The first kappa shape index (κ1) is 17.1. The van der Waals surface area contributed by atoms with E-state index in [0.717, 1.165) is 6.07 Å². The molecule has 0 spiro atoms. The number of carboxylic acid groups (broad SMARTS) is 1. The summed E-state index contributed by atoms with van der Waals surface area (Å²) in [5.74, 6) is -2.70. The fourth-order valence-electron chi connectivity index (χ4n) is 2.09. The Hall–Kier alpha value is -3.29. The monoisotopic (exact) mass is 332 g/mol. The van der Waals surface area contributed by atoms with Crippen molar-refractivity contribution < 1.29 is 24.0 Å². The number of nitrogens with one attached hydrogen (secondary N) is 1. The molecule has 2 aromatic rings. The maximum Gasteiger partial charge on any atom is 0.326 e. The molecule has 24 heavy (non-hydrogen) atoms. The zero-order valence-corrected chi connectivity index (χ0v) is 12.3. The lowest BCUT2D eigenvalue weighted by Gasteiger charge is -2.15. The normalized spacial score (nSPS) is 11.5. The van der Waals surface area contributed by atoms with Gasteiger partial charge in [-0.2, -0.15) is 0 Å². The summed E-state index contributed by atoms with van der Waals surface area (Å²) < 4.78 is 13.6. The van der Waals surface area contributed by atoms with E-state index in [1.807, 2.05) is 0 Å². The molecule has 2 rings (SSSR count). The average molecular weight is 332 g/mol. The van der Waals surface area contributed by atoms with Gasteiger partial charge < -0.3 is 10.4 Å². The van der Waals surface area contributed by atoms with E-state index in [2.05, 4.69) is 5.32 Å². The van der Waals surface area contributed by atoms with Crippen molar-refractivity contribution in [2.75, 3.05) is 0 Å². The van der Waals surface area contributed by atoms with Gasteiger partial charge >= 0.3 is 5.97 Å². The molecule has 0 aromatic heterocycles. The highest BCUT2D eigenvalue weighted by molar-refractivity contribution is 5.97. The molecular weight excluding hydrogens is 319 g/mol. The highest BCUT2D eigenvalue weighted by atomic mass is 19.1. The summed E-state index contributed by atoms with van der Waals surface area (Å²) in [6.45, 7) is 0. The number of rotatable bonds is 6. The van der Waals surface area contributed by atoms with Gasteiger partial charge in [-0.05, 0) is 17.7 Å². The molecule has 0 fully saturated rings. The summed E-state index contributed by atoms with van der Waals surface area (Å²) in [6, 6.07) is 9.16. The van der Waals surface area contributed by atoms with E-state index in [1.54, 1.807) is 6.07 Å². The number of carbonyl (C=O) groups is 2. The highest BCUT2D eigenvalue weighted by Crippen LogP contribution is 2.14. The van der Waals surface area contributed by atoms with Crippen molar-refractivity contribution in [1.82, 2.24) is 5.32 Å². The van der Waals surface area contributed by atoms with Gasteiger partial charge in [-0.1, -0.05) is 24.3 Å². The molecule has 0 radical (unpaired) electrons. The largest absolute Gasteiger partial charge is 0.480 e. The smallest absolute Gasteiger partial charge is 0.326 e.